The second-order valence-electron chi connectivity index (χ2n) is 4.25. The summed E-state index contributed by atoms with van der Waals surface area (Å²) in [6, 6.07) is 3.99. The summed E-state index contributed by atoms with van der Waals surface area (Å²) in [5.41, 5.74) is 1.17. The number of rotatable bonds is 4. The van der Waals surface area contributed by atoms with Gasteiger partial charge in [-0.15, -0.1) is 0 Å². The Morgan fingerprint density at radius 3 is 3.06 bits per heavy atom. The second kappa shape index (κ2) is 4.16. The van der Waals surface area contributed by atoms with Crippen LogP contribution in [0, 0.1) is 0 Å². The van der Waals surface area contributed by atoms with Crippen molar-refractivity contribution in [2.75, 3.05) is 11.9 Å². The van der Waals surface area contributed by atoms with Crippen LogP contribution < -0.4 is 5.32 Å². The van der Waals surface area contributed by atoms with Crippen molar-refractivity contribution < 1.29 is 0 Å². The third-order valence-corrected chi connectivity index (χ3v) is 2.85. The molecular weight excluding hydrogens is 214 g/mol. The van der Waals surface area contributed by atoms with Crippen molar-refractivity contribution >= 4 is 5.82 Å². The predicted molar refractivity (Wildman–Crippen MR) is 65.3 cm³/mol. The maximum Gasteiger partial charge on any atom is 0.158 e. The first-order valence-corrected chi connectivity index (χ1v) is 5.98. The molecule has 0 atom stereocenters. The van der Waals surface area contributed by atoms with Gasteiger partial charge in [0.05, 0.1) is 5.69 Å². The van der Waals surface area contributed by atoms with Crippen molar-refractivity contribution in [3.05, 3.63) is 30.4 Å². The summed E-state index contributed by atoms with van der Waals surface area (Å²) in [7, 11) is 0. The van der Waals surface area contributed by atoms with Gasteiger partial charge in [-0.3, -0.25) is 0 Å². The van der Waals surface area contributed by atoms with Crippen LogP contribution >= 0.6 is 0 Å². The van der Waals surface area contributed by atoms with Gasteiger partial charge in [-0.2, -0.15) is 5.10 Å². The summed E-state index contributed by atoms with van der Waals surface area (Å²) in [4.78, 5) is 8.38. The molecule has 17 heavy (non-hydrogen) atoms. The van der Waals surface area contributed by atoms with Gasteiger partial charge in [0.2, 0.25) is 0 Å². The average molecular weight is 229 g/mol. The molecule has 5 nitrogen and oxygen atoms in total. The molecule has 0 aliphatic heterocycles. The fourth-order valence-corrected chi connectivity index (χ4v) is 1.81. The lowest BCUT2D eigenvalue weighted by Crippen LogP contribution is -2.04. The summed E-state index contributed by atoms with van der Waals surface area (Å²) in [6.45, 7) is 2.89. The summed E-state index contributed by atoms with van der Waals surface area (Å²) in [5.74, 6) is 2.31. The van der Waals surface area contributed by atoms with Gasteiger partial charge in [0.25, 0.3) is 0 Å². The molecule has 1 saturated carbocycles. The number of aromatic nitrogens is 4. The Kier molecular flexibility index (Phi) is 2.51. The van der Waals surface area contributed by atoms with Crippen LogP contribution in [0.4, 0.5) is 5.82 Å². The molecule has 0 unspecified atom stereocenters. The molecule has 1 N–H and O–H groups in total. The van der Waals surface area contributed by atoms with E-state index in [9.17, 15) is 0 Å². The Labute approximate surface area is 99.9 Å². The van der Waals surface area contributed by atoms with E-state index in [2.05, 4.69) is 26.4 Å². The highest BCUT2D eigenvalue weighted by molar-refractivity contribution is 5.40. The molecule has 5 heteroatoms. The monoisotopic (exact) mass is 229 g/mol. The van der Waals surface area contributed by atoms with Gasteiger partial charge in [-0.1, -0.05) is 0 Å². The molecule has 2 aromatic heterocycles. The molecule has 2 heterocycles. The highest BCUT2D eigenvalue weighted by Crippen LogP contribution is 2.38. The molecule has 0 radical (unpaired) electrons. The summed E-state index contributed by atoms with van der Waals surface area (Å²) >= 11 is 0. The molecule has 0 saturated heterocycles. The standard InChI is InChI=1S/C12H15N5/c1-2-13-11-7-12(15-8-14-11)17-6-5-10(16-17)9-3-4-9/h5-9H,2-4H2,1H3,(H,13,14,15). The number of hydrogen-bond donors (Lipinski definition) is 1. The molecule has 3 rings (SSSR count). The third-order valence-electron chi connectivity index (χ3n) is 2.85. The fourth-order valence-electron chi connectivity index (χ4n) is 1.81. The molecule has 88 valence electrons. The van der Waals surface area contributed by atoms with E-state index in [1.165, 1.54) is 18.5 Å². The van der Waals surface area contributed by atoms with Crippen LogP contribution in [0.2, 0.25) is 0 Å². The first kappa shape index (κ1) is 10.3. The lowest BCUT2D eigenvalue weighted by Gasteiger charge is -2.04. The predicted octanol–water partition coefficient (Wildman–Crippen LogP) is 1.97. The van der Waals surface area contributed by atoms with Gasteiger partial charge >= 0.3 is 0 Å². The molecule has 1 aliphatic rings. The van der Waals surface area contributed by atoms with Crippen molar-refractivity contribution in [1.82, 2.24) is 19.7 Å². The number of nitrogens with zero attached hydrogens (tertiary/aromatic N) is 4. The average Bonchev–Trinajstić information content (AvgIpc) is 3.08. The Hall–Kier alpha value is -1.91. The van der Waals surface area contributed by atoms with E-state index < -0.39 is 0 Å². The van der Waals surface area contributed by atoms with Crippen molar-refractivity contribution in [3.63, 3.8) is 0 Å². The van der Waals surface area contributed by atoms with Crippen LogP contribution in [0.1, 0.15) is 31.4 Å². The summed E-state index contributed by atoms with van der Waals surface area (Å²) < 4.78 is 1.82. The lowest BCUT2D eigenvalue weighted by atomic mass is 10.3. The Balaban J connectivity index is 1.88. The molecule has 1 fully saturated rings. The Morgan fingerprint density at radius 1 is 1.41 bits per heavy atom. The van der Waals surface area contributed by atoms with E-state index in [0.29, 0.717) is 5.92 Å². The van der Waals surface area contributed by atoms with E-state index in [1.807, 2.05) is 23.9 Å². The van der Waals surface area contributed by atoms with E-state index in [1.54, 1.807) is 6.33 Å². The quantitative estimate of drug-likeness (QED) is 0.870. The van der Waals surface area contributed by atoms with Gasteiger partial charge in [0.15, 0.2) is 5.82 Å². The largest absolute Gasteiger partial charge is 0.370 e. The zero-order chi connectivity index (χ0) is 11.7. The fraction of sp³-hybridized carbons (Fsp3) is 0.417. The van der Waals surface area contributed by atoms with E-state index in [-0.39, 0.29) is 0 Å². The van der Waals surface area contributed by atoms with Crippen LogP contribution in [0.25, 0.3) is 5.82 Å². The molecule has 0 spiro atoms. The molecule has 2 aromatic rings. The smallest absolute Gasteiger partial charge is 0.158 e. The van der Waals surface area contributed by atoms with E-state index in [0.717, 1.165) is 18.2 Å². The second-order valence-corrected chi connectivity index (χ2v) is 4.25. The maximum atomic E-state index is 4.54. The summed E-state index contributed by atoms with van der Waals surface area (Å²) in [5, 5.41) is 7.71. The van der Waals surface area contributed by atoms with E-state index in [4.69, 9.17) is 0 Å². The molecular formula is C12H15N5. The van der Waals surface area contributed by atoms with Crippen LogP contribution in [0.15, 0.2) is 24.7 Å². The maximum absolute atomic E-state index is 4.54. The topological polar surface area (TPSA) is 55.6 Å². The van der Waals surface area contributed by atoms with E-state index >= 15 is 0 Å². The Morgan fingerprint density at radius 2 is 2.29 bits per heavy atom. The molecule has 0 aromatic carbocycles. The number of anilines is 1. The molecule has 1 aliphatic carbocycles. The first-order chi connectivity index (χ1) is 8.36. The van der Waals surface area contributed by atoms with Crippen LogP contribution in [-0.4, -0.2) is 26.3 Å². The third kappa shape index (κ3) is 2.13. The minimum absolute atomic E-state index is 0.673. The Bertz CT molecular complexity index is 515. The highest BCUT2D eigenvalue weighted by Gasteiger charge is 2.25. The van der Waals surface area contributed by atoms with Crippen LogP contribution in [-0.2, 0) is 0 Å². The number of hydrogen-bond acceptors (Lipinski definition) is 4. The van der Waals surface area contributed by atoms with Crippen molar-refractivity contribution in [2.24, 2.45) is 0 Å². The van der Waals surface area contributed by atoms with Gasteiger partial charge in [-0.25, -0.2) is 14.6 Å². The minimum Gasteiger partial charge on any atom is -0.370 e. The normalized spacial score (nSPS) is 14.9. The minimum atomic E-state index is 0.673. The van der Waals surface area contributed by atoms with Gasteiger partial charge in [-0.05, 0) is 25.8 Å². The SMILES string of the molecule is CCNc1cc(-n2ccc(C3CC3)n2)ncn1. The van der Waals surface area contributed by atoms with Crippen molar-refractivity contribution in [2.45, 2.75) is 25.7 Å². The zero-order valence-corrected chi connectivity index (χ0v) is 9.80. The number of nitrogens with one attached hydrogen (secondary N) is 1. The van der Waals surface area contributed by atoms with Gasteiger partial charge < -0.3 is 5.32 Å². The molecule has 0 bridgehead atoms. The van der Waals surface area contributed by atoms with Gasteiger partial charge in [0.1, 0.15) is 12.1 Å². The lowest BCUT2D eigenvalue weighted by molar-refractivity contribution is 0.808. The van der Waals surface area contributed by atoms with Crippen molar-refractivity contribution in [1.29, 1.82) is 0 Å². The first-order valence-electron chi connectivity index (χ1n) is 5.98. The van der Waals surface area contributed by atoms with Crippen LogP contribution in [0.5, 0.6) is 0 Å². The van der Waals surface area contributed by atoms with Gasteiger partial charge in [0, 0.05) is 24.7 Å². The summed E-state index contributed by atoms with van der Waals surface area (Å²) in [6.07, 6.45) is 6.06. The van der Waals surface area contributed by atoms with Crippen LogP contribution in [0.3, 0.4) is 0 Å². The van der Waals surface area contributed by atoms with Crippen molar-refractivity contribution in [3.8, 4) is 5.82 Å². The zero-order valence-electron chi connectivity index (χ0n) is 9.80. The highest BCUT2D eigenvalue weighted by atomic mass is 15.3. The molecule has 0 amide bonds.